The van der Waals surface area contributed by atoms with Crippen LogP contribution >= 0.6 is 0 Å². The quantitative estimate of drug-likeness (QED) is 0.564. The number of aromatic amines is 1. The molecule has 1 aliphatic heterocycles. The molecule has 2 aromatic heterocycles. The van der Waals surface area contributed by atoms with Gasteiger partial charge < -0.3 is 24.7 Å². The number of aromatic nitrogens is 2. The van der Waals surface area contributed by atoms with E-state index in [4.69, 9.17) is 9.47 Å². The Morgan fingerprint density at radius 1 is 1.28 bits per heavy atom. The lowest BCUT2D eigenvalue weighted by molar-refractivity contribution is 0.138. The third-order valence-electron chi connectivity index (χ3n) is 5.80. The Kier molecular flexibility index (Phi) is 7.01. The van der Waals surface area contributed by atoms with Gasteiger partial charge in [-0.05, 0) is 36.9 Å². The topological polar surface area (TPSA) is 96.5 Å². The molecule has 8 heteroatoms. The van der Waals surface area contributed by atoms with Gasteiger partial charge >= 0.3 is 6.09 Å². The number of hydrogen-bond acceptors (Lipinski definition) is 6. The second-order valence-corrected chi connectivity index (χ2v) is 8.08. The molecule has 1 atom stereocenters. The number of alkyl carbamates (subject to hydrolysis) is 1. The minimum absolute atomic E-state index is 0.0915. The summed E-state index contributed by atoms with van der Waals surface area (Å²) in [4.78, 5) is 34.0. The zero-order chi connectivity index (χ0) is 22.3. The third kappa shape index (κ3) is 5.64. The molecule has 32 heavy (non-hydrogen) atoms. The van der Waals surface area contributed by atoms with Crippen molar-refractivity contribution in [2.75, 3.05) is 33.3 Å². The van der Waals surface area contributed by atoms with E-state index >= 15 is 0 Å². The van der Waals surface area contributed by atoms with E-state index in [1.807, 2.05) is 36.4 Å². The molecular weight excluding hydrogens is 408 g/mol. The molecule has 1 saturated heterocycles. The Hall–Kier alpha value is -3.39. The maximum Gasteiger partial charge on any atom is 0.407 e. The van der Waals surface area contributed by atoms with E-state index in [1.165, 1.54) is 0 Å². The molecule has 1 aliphatic rings. The van der Waals surface area contributed by atoms with Gasteiger partial charge in [0, 0.05) is 31.3 Å². The van der Waals surface area contributed by atoms with Gasteiger partial charge in [0.25, 0.3) is 5.56 Å². The molecule has 3 heterocycles. The Morgan fingerprint density at radius 2 is 2.12 bits per heavy atom. The van der Waals surface area contributed by atoms with E-state index in [0.29, 0.717) is 30.1 Å². The number of benzene rings is 1. The van der Waals surface area contributed by atoms with E-state index in [2.05, 4.69) is 20.2 Å². The zero-order valence-electron chi connectivity index (χ0n) is 18.2. The lowest BCUT2D eigenvalue weighted by Crippen LogP contribution is -2.32. The molecule has 2 N–H and O–H groups in total. The van der Waals surface area contributed by atoms with Gasteiger partial charge in [0.2, 0.25) is 0 Å². The summed E-state index contributed by atoms with van der Waals surface area (Å²) in [5.74, 6) is 0.991. The highest BCUT2D eigenvalue weighted by molar-refractivity contribution is 5.75. The number of hydrogen-bond donors (Lipinski definition) is 2. The predicted molar refractivity (Wildman–Crippen MR) is 122 cm³/mol. The number of H-pyrrole nitrogens is 1. The molecular formula is C24H28N4O4. The smallest absolute Gasteiger partial charge is 0.407 e. The number of ether oxygens (including phenoxy) is 2. The van der Waals surface area contributed by atoms with E-state index < -0.39 is 0 Å². The fourth-order valence-corrected chi connectivity index (χ4v) is 3.96. The summed E-state index contributed by atoms with van der Waals surface area (Å²) >= 11 is 0. The summed E-state index contributed by atoms with van der Waals surface area (Å²) in [6.07, 6.45) is 2.92. The molecule has 0 aliphatic carbocycles. The first-order valence-electron chi connectivity index (χ1n) is 10.8. The normalized spacial score (nSPS) is 16.2. The number of rotatable bonds is 8. The van der Waals surface area contributed by atoms with Crippen LogP contribution in [0.5, 0.6) is 5.75 Å². The zero-order valence-corrected chi connectivity index (χ0v) is 18.2. The summed E-state index contributed by atoms with van der Waals surface area (Å²) in [6, 6.07) is 13.2. The van der Waals surface area contributed by atoms with Gasteiger partial charge in [-0.3, -0.25) is 9.78 Å². The van der Waals surface area contributed by atoms with Crippen LogP contribution in [-0.2, 0) is 17.8 Å². The fourth-order valence-electron chi connectivity index (χ4n) is 3.96. The molecule has 1 amide bonds. The Bertz CT molecular complexity index is 1120. The van der Waals surface area contributed by atoms with Gasteiger partial charge in [-0.15, -0.1) is 0 Å². The number of carbonyl (C=O) groups excluding carboxylic acids is 1. The van der Waals surface area contributed by atoms with E-state index in [0.717, 1.165) is 42.7 Å². The molecule has 0 bridgehead atoms. The van der Waals surface area contributed by atoms with Crippen molar-refractivity contribution in [3.8, 4) is 5.75 Å². The number of nitrogens with zero attached hydrogens (tertiary/aromatic N) is 2. The first-order chi connectivity index (χ1) is 15.6. The molecule has 1 aromatic carbocycles. The predicted octanol–water partition coefficient (Wildman–Crippen LogP) is 2.72. The minimum atomic E-state index is -0.390. The van der Waals surface area contributed by atoms with E-state index in [-0.39, 0.29) is 18.3 Å². The average Bonchev–Trinajstić information content (AvgIpc) is 3.28. The highest BCUT2D eigenvalue weighted by Gasteiger charge is 2.23. The Balaban J connectivity index is 1.22. The highest BCUT2D eigenvalue weighted by atomic mass is 16.5. The second kappa shape index (κ2) is 10.3. The van der Waals surface area contributed by atoms with Crippen molar-refractivity contribution < 1.29 is 14.3 Å². The molecule has 4 rings (SSSR count). The van der Waals surface area contributed by atoms with Crippen LogP contribution in [0.15, 0.2) is 53.5 Å². The van der Waals surface area contributed by atoms with Gasteiger partial charge in [-0.2, -0.15) is 0 Å². The molecule has 0 unspecified atom stereocenters. The molecule has 0 saturated carbocycles. The number of amides is 1. The van der Waals surface area contributed by atoms with Crippen molar-refractivity contribution in [2.45, 2.75) is 19.4 Å². The van der Waals surface area contributed by atoms with Crippen LogP contribution < -0.4 is 15.6 Å². The highest BCUT2D eigenvalue weighted by Crippen LogP contribution is 2.18. The largest absolute Gasteiger partial charge is 0.495 e. The molecule has 0 spiro atoms. The van der Waals surface area contributed by atoms with Crippen molar-refractivity contribution in [3.63, 3.8) is 0 Å². The standard InChI is InChI=1S/C24H28N4O4/c1-31-20-12-22-21(25-14-20)11-19(23(29)27-22)8-10-28-9-7-18(15-28)13-26-24(30)32-16-17-5-3-2-4-6-17/h2-6,11-12,14,18H,7-10,13,15-16H2,1H3,(H,26,30)(H,27,29)/t18-/m0/s1. The third-order valence-corrected chi connectivity index (χ3v) is 5.80. The van der Waals surface area contributed by atoms with Crippen LogP contribution in [0.4, 0.5) is 4.79 Å². The summed E-state index contributed by atoms with van der Waals surface area (Å²) in [7, 11) is 1.57. The second-order valence-electron chi connectivity index (χ2n) is 8.08. The number of carbonyl (C=O) groups is 1. The number of likely N-dealkylation sites (tertiary alicyclic amines) is 1. The summed E-state index contributed by atoms with van der Waals surface area (Å²) in [6.45, 7) is 3.49. The SMILES string of the molecule is COc1cnc2cc(CCN3CC[C@@H](CNC(=O)OCc4ccccc4)C3)c(=O)[nH]c2c1. The average molecular weight is 437 g/mol. The van der Waals surface area contributed by atoms with Gasteiger partial charge in [-0.1, -0.05) is 30.3 Å². The molecule has 8 nitrogen and oxygen atoms in total. The molecule has 168 valence electrons. The lowest BCUT2D eigenvalue weighted by atomic mass is 10.1. The monoisotopic (exact) mass is 436 g/mol. The van der Waals surface area contributed by atoms with Crippen LogP contribution in [0.2, 0.25) is 0 Å². The number of fused-ring (bicyclic) bond motifs is 1. The van der Waals surface area contributed by atoms with Crippen LogP contribution in [0, 0.1) is 5.92 Å². The van der Waals surface area contributed by atoms with Crippen molar-refractivity contribution in [2.24, 2.45) is 5.92 Å². The number of nitrogens with one attached hydrogen (secondary N) is 2. The fraction of sp³-hybridized carbons (Fsp3) is 0.375. The van der Waals surface area contributed by atoms with E-state index in [1.54, 1.807) is 19.4 Å². The van der Waals surface area contributed by atoms with Crippen LogP contribution in [0.1, 0.15) is 17.5 Å². The van der Waals surface area contributed by atoms with Crippen molar-refractivity contribution in [3.05, 3.63) is 70.1 Å². The van der Waals surface area contributed by atoms with Crippen LogP contribution in [0.3, 0.4) is 0 Å². The summed E-state index contributed by atoms with van der Waals surface area (Å²) in [5, 5.41) is 2.87. The van der Waals surface area contributed by atoms with Gasteiger partial charge in [0.05, 0.1) is 24.3 Å². The van der Waals surface area contributed by atoms with Gasteiger partial charge in [0.15, 0.2) is 0 Å². The minimum Gasteiger partial charge on any atom is -0.495 e. The van der Waals surface area contributed by atoms with Gasteiger partial charge in [-0.25, -0.2) is 4.79 Å². The summed E-state index contributed by atoms with van der Waals surface area (Å²) in [5.41, 5.74) is 3.02. The maximum absolute atomic E-state index is 12.4. The maximum atomic E-state index is 12.4. The van der Waals surface area contributed by atoms with Crippen molar-refractivity contribution in [1.82, 2.24) is 20.2 Å². The van der Waals surface area contributed by atoms with Gasteiger partial charge in [0.1, 0.15) is 12.4 Å². The molecule has 1 fully saturated rings. The van der Waals surface area contributed by atoms with E-state index in [9.17, 15) is 9.59 Å². The molecule has 3 aromatic rings. The first kappa shape index (κ1) is 21.8. The Labute approximate surface area is 186 Å². The van der Waals surface area contributed by atoms with Crippen LogP contribution in [-0.4, -0.2) is 54.2 Å². The summed E-state index contributed by atoms with van der Waals surface area (Å²) < 4.78 is 10.4. The molecule has 0 radical (unpaired) electrons. The Morgan fingerprint density at radius 3 is 2.94 bits per heavy atom. The van der Waals surface area contributed by atoms with Crippen molar-refractivity contribution >= 4 is 17.1 Å². The number of pyridine rings is 2. The lowest BCUT2D eigenvalue weighted by Gasteiger charge is -2.16. The first-order valence-corrected chi connectivity index (χ1v) is 10.8. The number of methoxy groups -OCH3 is 1. The van der Waals surface area contributed by atoms with Crippen molar-refractivity contribution in [1.29, 1.82) is 0 Å². The van der Waals surface area contributed by atoms with Crippen LogP contribution in [0.25, 0.3) is 11.0 Å².